The first-order valence-corrected chi connectivity index (χ1v) is 9.10. The van der Waals surface area contributed by atoms with Crippen LogP contribution in [0, 0.1) is 0 Å². The number of carbonyl (C=O) groups excluding carboxylic acids is 1. The second-order valence-electron chi connectivity index (χ2n) is 6.19. The van der Waals surface area contributed by atoms with E-state index in [4.69, 9.17) is 21.1 Å². The molecular weight excluding hydrogens is 374 g/mol. The van der Waals surface area contributed by atoms with Crippen molar-refractivity contribution in [2.45, 2.75) is 6.61 Å². The molecule has 0 aliphatic carbocycles. The lowest BCUT2D eigenvalue weighted by Gasteiger charge is -2.06. The summed E-state index contributed by atoms with van der Waals surface area (Å²) in [6, 6.07) is 24.4. The van der Waals surface area contributed by atoms with E-state index in [1.807, 2.05) is 54.6 Å². The van der Waals surface area contributed by atoms with E-state index in [0.717, 1.165) is 16.9 Å². The SMILES string of the molecule is O=C1OC(c2cccc(Cl)c2)=N/C1=C\c1ccc(OCc2ccccc2)cc1. The lowest BCUT2D eigenvalue weighted by atomic mass is 10.2. The lowest BCUT2D eigenvalue weighted by molar-refractivity contribution is -0.129. The maximum atomic E-state index is 12.1. The molecule has 0 aromatic heterocycles. The van der Waals surface area contributed by atoms with Crippen LogP contribution in [-0.2, 0) is 16.1 Å². The molecule has 0 fully saturated rings. The zero-order chi connectivity index (χ0) is 19.3. The molecule has 0 atom stereocenters. The number of benzene rings is 3. The number of ether oxygens (including phenoxy) is 2. The molecule has 138 valence electrons. The van der Waals surface area contributed by atoms with E-state index in [9.17, 15) is 4.79 Å². The Morgan fingerprint density at radius 1 is 0.964 bits per heavy atom. The standard InChI is InChI=1S/C23H16ClNO3/c24-19-8-4-7-18(14-19)22-25-21(23(26)28-22)13-16-9-11-20(12-10-16)27-15-17-5-2-1-3-6-17/h1-14H,15H2/b21-13-. The summed E-state index contributed by atoms with van der Waals surface area (Å²) >= 11 is 5.98. The number of nitrogens with zero attached hydrogens (tertiary/aromatic N) is 1. The molecule has 1 aliphatic rings. The van der Waals surface area contributed by atoms with Gasteiger partial charge in [0.2, 0.25) is 5.90 Å². The van der Waals surface area contributed by atoms with Crippen molar-refractivity contribution < 1.29 is 14.3 Å². The van der Waals surface area contributed by atoms with Crippen molar-refractivity contribution in [2.75, 3.05) is 0 Å². The van der Waals surface area contributed by atoms with Gasteiger partial charge >= 0.3 is 5.97 Å². The average Bonchev–Trinajstić information content (AvgIpc) is 3.09. The summed E-state index contributed by atoms with van der Waals surface area (Å²) in [5.41, 5.74) is 2.84. The third kappa shape index (κ3) is 4.30. The molecule has 0 radical (unpaired) electrons. The zero-order valence-electron chi connectivity index (χ0n) is 14.8. The van der Waals surface area contributed by atoms with Crippen LogP contribution < -0.4 is 4.74 Å². The van der Waals surface area contributed by atoms with Crippen molar-refractivity contribution in [1.82, 2.24) is 0 Å². The Morgan fingerprint density at radius 3 is 2.50 bits per heavy atom. The predicted molar refractivity (Wildman–Crippen MR) is 109 cm³/mol. The molecule has 0 bridgehead atoms. The topological polar surface area (TPSA) is 47.9 Å². The van der Waals surface area contributed by atoms with Crippen LogP contribution in [-0.4, -0.2) is 11.9 Å². The molecule has 0 saturated carbocycles. The quantitative estimate of drug-likeness (QED) is 0.441. The first-order valence-electron chi connectivity index (χ1n) is 8.73. The first-order chi connectivity index (χ1) is 13.7. The largest absolute Gasteiger partial charge is 0.489 e. The van der Waals surface area contributed by atoms with Crippen molar-refractivity contribution >= 4 is 29.5 Å². The van der Waals surface area contributed by atoms with E-state index in [-0.39, 0.29) is 11.6 Å². The molecule has 0 N–H and O–H groups in total. The number of cyclic esters (lactones) is 1. The van der Waals surface area contributed by atoms with E-state index in [1.54, 1.807) is 30.3 Å². The monoisotopic (exact) mass is 389 g/mol. The molecule has 3 aromatic carbocycles. The van der Waals surface area contributed by atoms with Crippen molar-refractivity contribution in [3.63, 3.8) is 0 Å². The number of hydrogen-bond donors (Lipinski definition) is 0. The molecule has 5 heteroatoms. The van der Waals surface area contributed by atoms with Gasteiger partial charge in [-0.2, -0.15) is 0 Å². The van der Waals surface area contributed by atoms with Gasteiger partial charge in [0.05, 0.1) is 0 Å². The van der Waals surface area contributed by atoms with Gasteiger partial charge in [-0.15, -0.1) is 0 Å². The van der Waals surface area contributed by atoms with E-state index in [0.29, 0.717) is 17.2 Å². The predicted octanol–water partition coefficient (Wildman–Crippen LogP) is 5.26. The van der Waals surface area contributed by atoms with Crippen LogP contribution in [0.4, 0.5) is 0 Å². The minimum absolute atomic E-state index is 0.243. The van der Waals surface area contributed by atoms with Crippen LogP contribution in [0.5, 0.6) is 5.75 Å². The molecular formula is C23H16ClNO3. The summed E-state index contributed by atoms with van der Waals surface area (Å²) in [6.45, 7) is 0.501. The summed E-state index contributed by atoms with van der Waals surface area (Å²) < 4.78 is 11.0. The normalized spacial score (nSPS) is 14.7. The van der Waals surface area contributed by atoms with Crippen LogP contribution in [0.25, 0.3) is 6.08 Å². The number of esters is 1. The summed E-state index contributed by atoms with van der Waals surface area (Å²) in [5.74, 6) is 0.518. The van der Waals surface area contributed by atoms with Crippen LogP contribution in [0.1, 0.15) is 16.7 Å². The first kappa shape index (κ1) is 18.0. The van der Waals surface area contributed by atoms with Crippen molar-refractivity contribution in [3.05, 3.63) is 106 Å². The van der Waals surface area contributed by atoms with E-state index in [1.165, 1.54) is 0 Å². The summed E-state index contributed by atoms with van der Waals surface area (Å²) in [4.78, 5) is 16.4. The zero-order valence-corrected chi connectivity index (χ0v) is 15.6. The maximum Gasteiger partial charge on any atom is 0.363 e. The van der Waals surface area contributed by atoms with Gasteiger partial charge in [-0.25, -0.2) is 9.79 Å². The van der Waals surface area contributed by atoms with Crippen LogP contribution in [0.2, 0.25) is 5.02 Å². The van der Waals surface area contributed by atoms with Gasteiger partial charge in [0.25, 0.3) is 0 Å². The third-order valence-corrected chi connectivity index (χ3v) is 4.36. The molecule has 0 unspecified atom stereocenters. The summed E-state index contributed by atoms with van der Waals surface area (Å²) in [6.07, 6.45) is 1.68. The number of halogens is 1. The van der Waals surface area contributed by atoms with E-state index < -0.39 is 5.97 Å². The molecule has 0 spiro atoms. The Morgan fingerprint density at radius 2 is 1.75 bits per heavy atom. The van der Waals surface area contributed by atoms with Crippen LogP contribution in [0.3, 0.4) is 0 Å². The lowest BCUT2D eigenvalue weighted by Crippen LogP contribution is -2.05. The van der Waals surface area contributed by atoms with Gasteiger partial charge in [-0.3, -0.25) is 0 Å². The summed E-state index contributed by atoms with van der Waals surface area (Å²) in [7, 11) is 0. The highest BCUT2D eigenvalue weighted by atomic mass is 35.5. The summed E-state index contributed by atoms with van der Waals surface area (Å²) in [5, 5.41) is 0.555. The van der Waals surface area contributed by atoms with Gasteiger partial charge in [0.15, 0.2) is 5.70 Å². The highest BCUT2D eigenvalue weighted by Gasteiger charge is 2.24. The Labute approximate surface area is 167 Å². The van der Waals surface area contributed by atoms with Gasteiger partial charge < -0.3 is 9.47 Å². The number of aliphatic imine (C=N–C) groups is 1. The highest BCUT2D eigenvalue weighted by Crippen LogP contribution is 2.22. The third-order valence-electron chi connectivity index (χ3n) is 4.12. The number of hydrogen-bond acceptors (Lipinski definition) is 4. The fourth-order valence-electron chi connectivity index (χ4n) is 2.71. The van der Waals surface area contributed by atoms with Crippen LogP contribution in [0.15, 0.2) is 89.6 Å². The average molecular weight is 390 g/mol. The Balaban J connectivity index is 1.47. The van der Waals surface area contributed by atoms with E-state index in [2.05, 4.69) is 4.99 Å². The van der Waals surface area contributed by atoms with Gasteiger partial charge in [0.1, 0.15) is 12.4 Å². The van der Waals surface area contributed by atoms with Gasteiger partial charge in [0, 0.05) is 10.6 Å². The molecule has 1 heterocycles. The fourth-order valence-corrected chi connectivity index (χ4v) is 2.90. The molecule has 28 heavy (non-hydrogen) atoms. The minimum atomic E-state index is -0.487. The van der Waals surface area contributed by atoms with E-state index >= 15 is 0 Å². The molecule has 3 aromatic rings. The van der Waals surface area contributed by atoms with Crippen molar-refractivity contribution in [1.29, 1.82) is 0 Å². The highest BCUT2D eigenvalue weighted by molar-refractivity contribution is 6.31. The van der Waals surface area contributed by atoms with Crippen LogP contribution >= 0.6 is 11.6 Å². The number of rotatable bonds is 5. The number of carbonyl (C=O) groups is 1. The molecule has 0 saturated heterocycles. The minimum Gasteiger partial charge on any atom is -0.489 e. The van der Waals surface area contributed by atoms with Gasteiger partial charge in [-0.1, -0.05) is 60.1 Å². The smallest absolute Gasteiger partial charge is 0.363 e. The second kappa shape index (κ2) is 8.11. The maximum absolute atomic E-state index is 12.1. The molecule has 1 aliphatic heterocycles. The Bertz CT molecular complexity index is 1060. The molecule has 4 rings (SSSR count). The fraction of sp³-hybridized carbons (Fsp3) is 0.0435. The van der Waals surface area contributed by atoms with Crippen molar-refractivity contribution in [2.24, 2.45) is 4.99 Å². The molecule has 0 amide bonds. The second-order valence-corrected chi connectivity index (χ2v) is 6.63. The Hall–Kier alpha value is -3.37. The van der Waals surface area contributed by atoms with Crippen molar-refractivity contribution in [3.8, 4) is 5.75 Å². The molecule has 4 nitrogen and oxygen atoms in total. The Kier molecular flexibility index (Phi) is 5.22. The van der Waals surface area contributed by atoms with Gasteiger partial charge in [-0.05, 0) is 47.5 Å².